The number of carbonyl (C=O) groups excluding carboxylic acids is 1. The summed E-state index contributed by atoms with van der Waals surface area (Å²) in [6, 6.07) is 8.28. The van der Waals surface area contributed by atoms with Crippen LogP contribution in [-0.2, 0) is 20.9 Å². The van der Waals surface area contributed by atoms with Crippen LogP contribution in [0.3, 0.4) is 0 Å². The summed E-state index contributed by atoms with van der Waals surface area (Å²) in [7, 11) is 1.69. The first kappa shape index (κ1) is 21.7. The van der Waals surface area contributed by atoms with Crippen molar-refractivity contribution in [2.24, 2.45) is 5.92 Å². The Morgan fingerprint density at radius 3 is 1.96 bits per heavy atom. The molecule has 28 heavy (non-hydrogen) atoms. The molecule has 0 spiro atoms. The predicted molar refractivity (Wildman–Crippen MR) is 102 cm³/mol. The highest BCUT2D eigenvalue weighted by atomic mass is 16.5. The Balaban J connectivity index is 0.000000409. The first-order chi connectivity index (χ1) is 13.4. The van der Waals surface area contributed by atoms with E-state index in [2.05, 4.69) is 21.9 Å². The highest BCUT2D eigenvalue weighted by Crippen LogP contribution is 2.23. The van der Waals surface area contributed by atoms with Gasteiger partial charge in [-0.25, -0.2) is 9.59 Å². The lowest BCUT2D eigenvalue weighted by molar-refractivity contribution is -0.159. The number of rotatable bonds is 4. The molecular formula is C20H28N2O6. The standard InChI is InChI=1S/C18H26N2O2.C2H2O4/c1-22-17-6-4-15(5-7-17)14-19-12-8-16(9-13-19)18(21)20-10-2-3-11-20;3-1(4)2(5)6/h4-7,16H,2-3,8-14H2,1H3;(H,3,4)(H,5,6). The third kappa shape index (κ3) is 6.53. The van der Waals surface area contributed by atoms with E-state index in [4.69, 9.17) is 24.5 Å². The number of hydrogen-bond donors (Lipinski definition) is 2. The molecule has 3 rings (SSSR count). The molecule has 1 aromatic rings. The number of nitrogens with zero attached hydrogens (tertiary/aromatic N) is 2. The van der Waals surface area contributed by atoms with E-state index in [-0.39, 0.29) is 5.92 Å². The highest BCUT2D eigenvalue weighted by molar-refractivity contribution is 6.27. The highest BCUT2D eigenvalue weighted by Gasteiger charge is 2.29. The Labute approximate surface area is 164 Å². The summed E-state index contributed by atoms with van der Waals surface area (Å²) in [5.74, 6) is -2.09. The summed E-state index contributed by atoms with van der Waals surface area (Å²) < 4.78 is 5.19. The molecule has 0 unspecified atom stereocenters. The Hall–Kier alpha value is -2.61. The molecule has 2 aliphatic rings. The average Bonchev–Trinajstić information content (AvgIpc) is 3.24. The SMILES string of the molecule is COc1ccc(CN2CCC(C(=O)N3CCCC3)CC2)cc1.O=C(O)C(=O)O. The van der Waals surface area contributed by atoms with Crippen molar-refractivity contribution in [1.29, 1.82) is 0 Å². The summed E-state index contributed by atoms with van der Waals surface area (Å²) in [4.78, 5) is 35.2. The average molecular weight is 392 g/mol. The molecule has 0 bridgehead atoms. The van der Waals surface area contributed by atoms with E-state index in [1.807, 2.05) is 12.1 Å². The van der Waals surface area contributed by atoms with Gasteiger partial charge in [0.2, 0.25) is 5.91 Å². The fourth-order valence-electron chi connectivity index (χ4n) is 3.52. The Kier molecular flexibility index (Phi) is 8.25. The van der Waals surface area contributed by atoms with Gasteiger partial charge in [0.15, 0.2) is 0 Å². The predicted octanol–water partition coefficient (Wildman–Crippen LogP) is 1.69. The van der Waals surface area contributed by atoms with Crippen molar-refractivity contribution in [1.82, 2.24) is 9.80 Å². The Morgan fingerprint density at radius 2 is 1.50 bits per heavy atom. The molecule has 2 heterocycles. The van der Waals surface area contributed by atoms with Gasteiger partial charge < -0.3 is 19.8 Å². The van der Waals surface area contributed by atoms with E-state index in [9.17, 15) is 4.79 Å². The smallest absolute Gasteiger partial charge is 0.414 e. The molecule has 2 fully saturated rings. The zero-order valence-electron chi connectivity index (χ0n) is 16.2. The number of carbonyl (C=O) groups is 3. The summed E-state index contributed by atoms with van der Waals surface area (Å²) in [6.45, 7) is 4.97. The van der Waals surface area contributed by atoms with E-state index >= 15 is 0 Å². The lowest BCUT2D eigenvalue weighted by atomic mass is 9.95. The van der Waals surface area contributed by atoms with E-state index in [1.165, 1.54) is 18.4 Å². The zero-order chi connectivity index (χ0) is 20.5. The van der Waals surface area contributed by atoms with Crippen molar-refractivity contribution in [3.05, 3.63) is 29.8 Å². The van der Waals surface area contributed by atoms with Gasteiger partial charge in [-0.2, -0.15) is 0 Å². The second-order valence-corrected chi connectivity index (χ2v) is 7.04. The largest absolute Gasteiger partial charge is 0.497 e. The normalized spacial score (nSPS) is 17.5. The molecule has 154 valence electrons. The Morgan fingerprint density at radius 1 is 0.964 bits per heavy atom. The minimum Gasteiger partial charge on any atom is -0.497 e. The summed E-state index contributed by atoms with van der Waals surface area (Å²) in [6.07, 6.45) is 4.38. The summed E-state index contributed by atoms with van der Waals surface area (Å²) >= 11 is 0. The van der Waals surface area contributed by atoms with E-state index in [1.54, 1.807) is 7.11 Å². The molecule has 2 N–H and O–H groups in total. The van der Waals surface area contributed by atoms with Crippen LogP contribution >= 0.6 is 0 Å². The van der Waals surface area contributed by atoms with Gasteiger partial charge in [0.05, 0.1) is 7.11 Å². The molecule has 0 saturated carbocycles. The van der Waals surface area contributed by atoms with Crippen LogP contribution in [0.1, 0.15) is 31.2 Å². The second-order valence-electron chi connectivity index (χ2n) is 7.04. The number of hydrogen-bond acceptors (Lipinski definition) is 5. The van der Waals surface area contributed by atoms with Gasteiger partial charge in [0.25, 0.3) is 0 Å². The van der Waals surface area contributed by atoms with Gasteiger partial charge in [0.1, 0.15) is 5.75 Å². The molecule has 0 radical (unpaired) electrons. The van der Waals surface area contributed by atoms with Crippen LogP contribution in [0.15, 0.2) is 24.3 Å². The molecule has 0 atom stereocenters. The number of methoxy groups -OCH3 is 1. The van der Waals surface area contributed by atoms with Crippen LogP contribution in [0, 0.1) is 5.92 Å². The van der Waals surface area contributed by atoms with Crippen LogP contribution in [0.4, 0.5) is 0 Å². The fourth-order valence-corrected chi connectivity index (χ4v) is 3.52. The van der Waals surface area contributed by atoms with Crippen molar-refractivity contribution in [2.75, 3.05) is 33.3 Å². The van der Waals surface area contributed by atoms with Gasteiger partial charge in [-0.15, -0.1) is 0 Å². The number of likely N-dealkylation sites (tertiary alicyclic amines) is 2. The lowest BCUT2D eigenvalue weighted by Crippen LogP contribution is -2.41. The van der Waals surface area contributed by atoms with Crippen LogP contribution in [0.5, 0.6) is 5.75 Å². The molecule has 2 saturated heterocycles. The molecule has 1 amide bonds. The summed E-state index contributed by atoms with van der Waals surface area (Å²) in [5.41, 5.74) is 1.31. The van der Waals surface area contributed by atoms with Gasteiger partial charge >= 0.3 is 11.9 Å². The fraction of sp³-hybridized carbons (Fsp3) is 0.550. The molecule has 1 aromatic carbocycles. The monoisotopic (exact) mass is 392 g/mol. The molecule has 2 aliphatic heterocycles. The maximum Gasteiger partial charge on any atom is 0.414 e. The molecule has 8 heteroatoms. The molecule has 0 aliphatic carbocycles. The minimum absolute atomic E-state index is 0.255. The number of amides is 1. The van der Waals surface area contributed by atoms with Gasteiger partial charge in [-0.1, -0.05) is 12.1 Å². The number of piperidine rings is 1. The topological polar surface area (TPSA) is 107 Å². The van der Waals surface area contributed by atoms with Crippen LogP contribution in [-0.4, -0.2) is 71.1 Å². The second kappa shape index (κ2) is 10.7. The van der Waals surface area contributed by atoms with Crippen LogP contribution in [0.25, 0.3) is 0 Å². The van der Waals surface area contributed by atoms with Crippen molar-refractivity contribution < 1.29 is 29.3 Å². The summed E-state index contributed by atoms with van der Waals surface area (Å²) in [5, 5.41) is 14.8. The van der Waals surface area contributed by atoms with Crippen molar-refractivity contribution in [3.8, 4) is 5.75 Å². The van der Waals surface area contributed by atoms with Crippen molar-refractivity contribution in [3.63, 3.8) is 0 Å². The van der Waals surface area contributed by atoms with Gasteiger partial charge in [-0.3, -0.25) is 9.69 Å². The molecule has 0 aromatic heterocycles. The van der Waals surface area contributed by atoms with E-state index < -0.39 is 11.9 Å². The third-order valence-corrected chi connectivity index (χ3v) is 5.10. The molecular weight excluding hydrogens is 364 g/mol. The third-order valence-electron chi connectivity index (χ3n) is 5.10. The quantitative estimate of drug-likeness (QED) is 0.751. The first-order valence-corrected chi connectivity index (χ1v) is 9.51. The number of carboxylic acid groups (broad SMARTS) is 2. The minimum atomic E-state index is -1.82. The Bertz CT molecular complexity index is 650. The van der Waals surface area contributed by atoms with E-state index in [0.717, 1.165) is 51.3 Å². The number of benzene rings is 1. The van der Waals surface area contributed by atoms with Crippen LogP contribution < -0.4 is 4.74 Å². The molecule has 8 nitrogen and oxygen atoms in total. The maximum atomic E-state index is 12.4. The van der Waals surface area contributed by atoms with Gasteiger partial charge in [-0.05, 0) is 56.5 Å². The number of carboxylic acids is 2. The van der Waals surface area contributed by atoms with Gasteiger partial charge in [0, 0.05) is 25.6 Å². The van der Waals surface area contributed by atoms with Crippen LogP contribution in [0.2, 0.25) is 0 Å². The van der Waals surface area contributed by atoms with Crippen molar-refractivity contribution in [2.45, 2.75) is 32.2 Å². The van der Waals surface area contributed by atoms with E-state index in [0.29, 0.717) is 5.91 Å². The maximum absolute atomic E-state index is 12.4. The number of aliphatic carboxylic acids is 2. The lowest BCUT2D eigenvalue weighted by Gasteiger charge is -2.33. The van der Waals surface area contributed by atoms with Crippen molar-refractivity contribution >= 4 is 17.8 Å². The zero-order valence-corrected chi connectivity index (χ0v) is 16.2. The first-order valence-electron chi connectivity index (χ1n) is 9.51. The number of ether oxygens (including phenoxy) is 1.